The number of methoxy groups -OCH3 is 1. The summed E-state index contributed by atoms with van der Waals surface area (Å²) in [5.41, 5.74) is 3.82. The van der Waals surface area contributed by atoms with Crippen LogP contribution in [0.2, 0.25) is 0 Å². The zero-order valence-electron chi connectivity index (χ0n) is 18.3. The average Bonchev–Trinajstić information content (AvgIpc) is 2.77. The minimum Gasteiger partial charge on any atom is -0.383 e. The molecular formula is C23H31N3O4S. The summed E-state index contributed by atoms with van der Waals surface area (Å²) in [4.78, 5) is 15.3. The van der Waals surface area contributed by atoms with Crippen molar-refractivity contribution in [2.45, 2.75) is 37.8 Å². The molecule has 0 aromatic heterocycles. The maximum atomic E-state index is 12.8. The van der Waals surface area contributed by atoms with Gasteiger partial charge in [0.05, 0.1) is 11.5 Å². The smallest absolute Gasteiger partial charge is 0.251 e. The number of aryl methyl sites for hydroxylation is 1. The van der Waals surface area contributed by atoms with Gasteiger partial charge >= 0.3 is 0 Å². The van der Waals surface area contributed by atoms with Gasteiger partial charge in [-0.3, -0.25) is 9.69 Å². The quantitative estimate of drug-likeness (QED) is 0.577. The highest BCUT2D eigenvalue weighted by Gasteiger charge is 2.22. The second-order valence-electron chi connectivity index (χ2n) is 7.92. The van der Waals surface area contributed by atoms with Gasteiger partial charge in [-0.1, -0.05) is 30.3 Å². The molecule has 2 N–H and O–H groups in total. The maximum Gasteiger partial charge on any atom is 0.251 e. The first-order valence-electron chi connectivity index (χ1n) is 10.5. The number of ether oxygens (including phenoxy) is 1. The molecule has 7 nitrogen and oxygen atoms in total. The molecule has 1 heterocycles. The van der Waals surface area contributed by atoms with Crippen molar-refractivity contribution in [1.29, 1.82) is 0 Å². The molecule has 2 aromatic carbocycles. The molecule has 1 amide bonds. The van der Waals surface area contributed by atoms with Crippen LogP contribution in [0.4, 0.5) is 0 Å². The van der Waals surface area contributed by atoms with Crippen LogP contribution in [0.5, 0.6) is 0 Å². The van der Waals surface area contributed by atoms with Crippen LogP contribution in [0.25, 0.3) is 0 Å². The molecule has 1 aliphatic heterocycles. The fourth-order valence-electron chi connectivity index (χ4n) is 3.73. The summed E-state index contributed by atoms with van der Waals surface area (Å²) in [6.07, 6.45) is 1.00. The highest BCUT2D eigenvalue weighted by molar-refractivity contribution is 7.89. The first-order chi connectivity index (χ1) is 14.8. The second-order valence-corrected chi connectivity index (χ2v) is 9.68. The fourth-order valence-corrected chi connectivity index (χ4v) is 4.77. The Bertz CT molecular complexity index is 1020. The van der Waals surface area contributed by atoms with Crippen LogP contribution in [-0.4, -0.2) is 58.6 Å². The summed E-state index contributed by atoms with van der Waals surface area (Å²) in [6, 6.07) is 13.2. The summed E-state index contributed by atoms with van der Waals surface area (Å²) in [5.74, 6) is -0.268. The van der Waals surface area contributed by atoms with Gasteiger partial charge in [0.15, 0.2) is 0 Å². The molecule has 0 saturated heterocycles. The topological polar surface area (TPSA) is 87.7 Å². The van der Waals surface area contributed by atoms with Gasteiger partial charge in [0, 0.05) is 44.9 Å². The molecule has 0 radical (unpaired) electrons. The summed E-state index contributed by atoms with van der Waals surface area (Å²) < 4.78 is 32.3. The summed E-state index contributed by atoms with van der Waals surface area (Å²) >= 11 is 0. The van der Waals surface area contributed by atoms with Crippen molar-refractivity contribution in [2.75, 3.05) is 33.4 Å². The Kier molecular flexibility index (Phi) is 7.83. The number of hydrogen-bond donors (Lipinski definition) is 2. The normalized spacial score (nSPS) is 15.3. The Morgan fingerprint density at radius 3 is 2.68 bits per heavy atom. The molecule has 0 spiro atoms. The molecule has 31 heavy (non-hydrogen) atoms. The monoisotopic (exact) mass is 445 g/mol. The van der Waals surface area contributed by atoms with Crippen LogP contribution in [0.15, 0.2) is 47.4 Å². The highest BCUT2D eigenvalue weighted by Crippen LogP contribution is 2.20. The minimum atomic E-state index is -3.70. The average molecular weight is 446 g/mol. The van der Waals surface area contributed by atoms with E-state index in [0.717, 1.165) is 25.1 Å². The Morgan fingerprint density at radius 1 is 1.19 bits per heavy atom. The van der Waals surface area contributed by atoms with E-state index in [-0.39, 0.29) is 30.0 Å². The first kappa shape index (κ1) is 23.4. The predicted molar refractivity (Wildman–Crippen MR) is 121 cm³/mol. The molecule has 1 aliphatic rings. The Balaban J connectivity index is 1.62. The largest absolute Gasteiger partial charge is 0.383 e. The number of fused-ring (bicyclic) bond motifs is 1. The lowest BCUT2D eigenvalue weighted by atomic mass is 9.99. The maximum absolute atomic E-state index is 12.8. The summed E-state index contributed by atoms with van der Waals surface area (Å²) in [5, 5.41) is 2.98. The zero-order chi connectivity index (χ0) is 22.4. The molecule has 0 bridgehead atoms. The van der Waals surface area contributed by atoms with Gasteiger partial charge < -0.3 is 10.1 Å². The molecular weight excluding hydrogens is 414 g/mol. The van der Waals surface area contributed by atoms with Crippen LogP contribution in [0, 0.1) is 6.92 Å². The SMILES string of the molecule is COCCNS(=O)(=O)c1ccc(C)c(C(=O)NCC(C)N2CCc3ccccc3C2)c1. The lowest BCUT2D eigenvalue weighted by Gasteiger charge is -2.33. The molecule has 168 valence electrons. The fraction of sp³-hybridized carbons (Fsp3) is 0.435. The molecule has 0 fully saturated rings. The third-order valence-corrected chi connectivity index (χ3v) is 7.16. The number of nitrogens with zero attached hydrogens (tertiary/aromatic N) is 1. The van der Waals surface area contributed by atoms with E-state index in [0.29, 0.717) is 12.1 Å². The number of amides is 1. The minimum absolute atomic E-state index is 0.0695. The van der Waals surface area contributed by atoms with Gasteiger partial charge in [-0.15, -0.1) is 0 Å². The predicted octanol–water partition coefficient (Wildman–Crippen LogP) is 2.10. The van der Waals surface area contributed by atoms with E-state index in [1.807, 2.05) is 0 Å². The number of nitrogens with one attached hydrogen (secondary N) is 2. The van der Waals surface area contributed by atoms with E-state index in [1.165, 1.54) is 30.4 Å². The van der Waals surface area contributed by atoms with Crippen LogP contribution < -0.4 is 10.0 Å². The van der Waals surface area contributed by atoms with Gasteiger partial charge in [0.2, 0.25) is 10.0 Å². The number of benzene rings is 2. The van der Waals surface area contributed by atoms with Crippen molar-refractivity contribution in [3.8, 4) is 0 Å². The van der Waals surface area contributed by atoms with Crippen molar-refractivity contribution in [3.05, 3.63) is 64.7 Å². The standard InChI is InChI=1S/C23H31N3O4S/c1-17-8-9-21(31(28,29)25-11-13-30-3)14-22(17)23(27)24-15-18(2)26-12-10-19-6-4-5-7-20(19)16-26/h4-9,14,18,25H,10-13,15-16H2,1-3H3,(H,24,27). The number of hydrogen-bond acceptors (Lipinski definition) is 5. The lowest BCUT2D eigenvalue weighted by Crippen LogP contribution is -2.44. The molecule has 3 rings (SSSR count). The van der Waals surface area contributed by atoms with E-state index < -0.39 is 10.0 Å². The van der Waals surface area contributed by atoms with Gasteiger partial charge in [-0.25, -0.2) is 13.1 Å². The number of carbonyl (C=O) groups is 1. The van der Waals surface area contributed by atoms with Crippen molar-refractivity contribution in [1.82, 2.24) is 14.9 Å². The van der Waals surface area contributed by atoms with Gasteiger partial charge in [-0.05, 0) is 49.1 Å². The van der Waals surface area contributed by atoms with Crippen molar-refractivity contribution >= 4 is 15.9 Å². The van der Waals surface area contributed by atoms with Crippen LogP contribution in [0.1, 0.15) is 34.0 Å². The van der Waals surface area contributed by atoms with E-state index in [1.54, 1.807) is 13.0 Å². The van der Waals surface area contributed by atoms with Gasteiger partial charge in [0.1, 0.15) is 0 Å². The van der Waals surface area contributed by atoms with Crippen molar-refractivity contribution in [2.24, 2.45) is 0 Å². The van der Waals surface area contributed by atoms with E-state index >= 15 is 0 Å². The summed E-state index contributed by atoms with van der Waals surface area (Å²) in [6.45, 7) is 6.66. The van der Waals surface area contributed by atoms with E-state index in [2.05, 4.69) is 46.1 Å². The Hall–Kier alpha value is -2.26. The lowest BCUT2D eigenvalue weighted by molar-refractivity contribution is 0.0931. The Labute approximate surface area is 184 Å². The van der Waals surface area contributed by atoms with Crippen LogP contribution in [-0.2, 0) is 27.7 Å². The van der Waals surface area contributed by atoms with Gasteiger partial charge in [0.25, 0.3) is 5.91 Å². The number of sulfonamides is 1. The third-order valence-electron chi connectivity index (χ3n) is 5.70. The molecule has 0 aliphatic carbocycles. The molecule has 8 heteroatoms. The molecule has 2 aromatic rings. The summed E-state index contributed by atoms with van der Waals surface area (Å²) in [7, 11) is -2.19. The molecule has 0 saturated carbocycles. The zero-order valence-corrected chi connectivity index (χ0v) is 19.2. The number of rotatable bonds is 9. The number of carbonyl (C=O) groups excluding carboxylic acids is 1. The highest BCUT2D eigenvalue weighted by atomic mass is 32.2. The van der Waals surface area contributed by atoms with E-state index in [4.69, 9.17) is 4.74 Å². The van der Waals surface area contributed by atoms with Crippen molar-refractivity contribution < 1.29 is 17.9 Å². The molecule has 1 unspecified atom stereocenters. The van der Waals surface area contributed by atoms with Crippen molar-refractivity contribution in [3.63, 3.8) is 0 Å². The molecule has 1 atom stereocenters. The van der Waals surface area contributed by atoms with E-state index in [9.17, 15) is 13.2 Å². The van der Waals surface area contributed by atoms with Crippen LogP contribution in [0.3, 0.4) is 0 Å². The van der Waals surface area contributed by atoms with Gasteiger partial charge in [-0.2, -0.15) is 0 Å². The Morgan fingerprint density at radius 2 is 1.94 bits per heavy atom. The first-order valence-corrected chi connectivity index (χ1v) is 12.0. The third kappa shape index (κ3) is 5.92. The second kappa shape index (κ2) is 10.4. The van der Waals surface area contributed by atoms with Crippen LogP contribution >= 0.6 is 0 Å².